The van der Waals surface area contributed by atoms with Gasteiger partial charge in [-0.2, -0.15) is 0 Å². The van der Waals surface area contributed by atoms with Crippen LogP contribution in [-0.2, 0) is 9.59 Å². The molecule has 0 saturated heterocycles. The number of rotatable bonds is 32. The summed E-state index contributed by atoms with van der Waals surface area (Å²) in [6.45, 7) is 14.8. The summed E-state index contributed by atoms with van der Waals surface area (Å²) >= 11 is 7.07. The zero-order chi connectivity index (χ0) is 45.3. The highest BCUT2D eigenvalue weighted by Gasteiger charge is 2.50. The fourth-order valence-corrected chi connectivity index (χ4v) is 14.0. The Morgan fingerprint density at radius 3 is 1.06 bits per heavy atom. The average molecular weight is 942 g/mol. The number of amides is 2. The molecule has 350 valence electrons. The predicted octanol–water partition coefficient (Wildman–Crippen LogP) is 18.4. The van der Waals surface area contributed by atoms with Crippen LogP contribution in [0.4, 0.5) is 0 Å². The molecule has 2 aliphatic rings. The van der Waals surface area contributed by atoms with Crippen molar-refractivity contribution >= 4 is 68.6 Å². The molecule has 0 aliphatic carbocycles. The third kappa shape index (κ3) is 13.7. The molecule has 0 saturated carbocycles. The van der Waals surface area contributed by atoms with E-state index in [1.165, 1.54) is 159 Å². The molecule has 0 fully saturated rings. The minimum atomic E-state index is 0.0385. The number of carbonyl (C=O) groups excluding carboxylic acids is 2. The molecule has 0 radical (unpaired) electrons. The lowest BCUT2D eigenvalue weighted by atomic mass is 9.93. The fourth-order valence-electron chi connectivity index (χ4n) is 9.89. The molecular weight excluding hydrogens is 861 g/mol. The van der Waals surface area contributed by atoms with Crippen LogP contribution < -0.4 is 0 Å². The van der Waals surface area contributed by atoms with E-state index >= 15 is 9.59 Å². The van der Waals surface area contributed by atoms with Crippen LogP contribution >= 0.6 is 45.3 Å². The molecule has 0 bridgehead atoms. The van der Waals surface area contributed by atoms with Gasteiger partial charge in [0.25, 0.3) is 11.8 Å². The first-order chi connectivity index (χ1) is 31.3. The quantitative estimate of drug-likeness (QED) is 0.0458. The second-order valence-corrected chi connectivity index (χ2v) is 23.1. The highest BCUT2D eigenvalue weighted by molar-refractivity contribution is 7.22. The lowest BCUT2D eigenvalue weighted by molar-refractivity contribution is -0.124. The van der Waals surface area contributed by atoms with E-state index in [-0.39, 0.29) is 11.8 Å². The lowest BCUT2D eigenvalue weighted by Gasteiger charge is -2.29. The van der Waals surface area contributed by atoms with Crippen LogP contribution in [0.5, 0.6) is 0 Å². The molecule has 4 nitrogen and oxygen atoms in total. The van der Waals surface area contributed by atoms with Gasteiger partial charge in [-0.05, 0) is 110 Å². The predicted molar refractivity (Wildman–Crippen MR) is 282 cm³/mol. The van der Waals surface area contributed by atoms with E-state index < -0.39 is 0 Å². The minimum absolute atomic E-state index is 0.0385. The van der Waals surface area contributed by atoms with E-state index in [0.29, 0.717) is 36.1 Å². The first-order valence-corrected chi connectivity index (χ1v) is 29.1. The van der Waals surface area contributed by atoms with Crippen molar-refractivity contribution < 1.29 is 9.59 Å². The van der Waals surface area contributed by atoms with Crippen LogP contribution in [0, 0.1) is 25.7 Å². The summed E-state index contributed by atoms with van der Waals surface area (Å²) in [6, 6.07) is 13.4. The number of hydrogen-bond acceptors (Lipinski definition) is 6. The third-order valence-electron chi connectivity index (χ3n) is 13.6. The lowest BCUT2D eigenvalue weighted by Crippen LogP contribution is -2.34. The first kappa shape index (κ1) is 50.6. The molecule has 2 atom stereocenters. The Morgan fingerprint density at radius 2 is 0.734 bits per heavy atom. The van der Waals surface area contributed by atoms with Crippen molar-refractivity contribution in [2.45, 2.75) is 196 Å². The molecule has 6 heterocycles. The van der Waals surface area contributed by atoms with Gasteiger partial charge in [-0.15, -0.1) is 45.3 Å². The Labute approximate surface area is 404 Å². The standard InChI is InChI=1S/C56H80N2O2S4/c1-7-11-15-19-21-25-29-43(27-23-17-13-9-3)37-57-53(47-33-31-45(63-47)49-35-41(5)39-61-49)51-52(55(57)59)54(48-34-32-46(64-48)50-36-42(6)40-62-50)58(56(51)60)38-44(28-24-18-14-10-4)30-26-22-20-16-12-8-2/h31-36,39-40,43-44H,7-30,37-38H2,1-6H3. The molecule has 4 aromatic heterocycles. The van der Waals surface area contributed by atoms with Gasteiger partial charge in [0.2, 0.25) is 0 Å². The summed E-state index contributed by atoms with van der Waals surface area (Å²) in [6.07, 6.45) is 29.6. The second kappa shape index (κ2) is 26.5. The van der Waals surface area contributed by atoms with Crippen LogP contribution in [0.25, 0.3) is 30.9 Å². The summed E-state index contributed by atoms with van der Waals surface area (Å²) in [5.41, 5.74) is 5.60. The van der Waals surface area contributed by atoms with Gasteiger partial charge in [-0.25, -0.2) is 0 Å². The van der Waals surface area contributed by atoms with E-state index in [1.807, 2.05) is 0 Å². The summed E-state index contributed by atoms with van der Waals surface area (Å²) in [4.78, 5) is 42.5. The summed E-state index contributed by atoms with van der Waals surface area (Å²) in [5, 5.41) is 4.44. The Hall–Kier alpha value is -2.78. The molecular formula is C56H80N2O2S4. The van der Waals surface area contributed by atoms with Crippen molar-refractivity contribution in [2.24, 2.45) is 11.8 Å². The molecule has 8 heteroatoms. The number of carbonyl (C=O) groups is 2. The van der Waals surface area contributed by atoms with E-state index in [4.69, 9.17) is 0 Å². The van der Waals surface area contributed by atoms with Gasteiger partial charge in [0.05, 0.1) is 32.3 Å². The molecule has 0 aromatic carbocycles. The topological polar surface area (TPSA) is 40.6 Å². The number of aryl methyl sites for hydroxylation is 2. The van der Waals surface area contributed by atoms with Crippen LogP contribution in [0.2, 0.25) is 0 Å². The summed E-state index contributed by atoms with van der Waals surface area (Å²) < 4.78 is 0. The van der Waals surface area contributed by atoms with Gasteiger partial charge in [-0.3, -0.25) is 9.59 Å². The molecule has 0 N–H and O–H groups in total. The monoisotopic (exact) mass is 941 g/mol. The minimum Gasteiger partial charge on any atom is -0.306 e. The van der Waals surface area contributed by atoms with E-state index in [2.05, 4.69) is 98.5 Å². The first-order valence-electron chi connectivity index (χ1n) is 25.7. The molecule has 2 aliphatic heterocycles. The Balaban J connectivity index is 1.42. The van der Waals surface area contributed by atoms with Gasteiger partial charge in [0.1, 0.15) is 0 Å². The van der Waals surface area contributed by atoms with Gasteiger partial charge in [0.15, 0.2) is 0 Å². The van der Waals surface area contributed by atoms with Crippen molar-refractivity contribution in [3.63, 3.8) is 0 Å². The molecule has 6 rings (SSSR count). The number of fused-ring (bicyclic) bond motifs is 1. The van der Waals surface area contributed by atoms with Crippen molar-refractivity contribution in [3.8, 4) is 19.5 Å². The Morgan fingerprint density at radius 1 is 0.422 bits per heavy atom. The van der Waals surface area contributed by atoms with Crippen LogP contribution in [0.3, 0.4) is 0 Å². The fraction of sp³-hybridized carbons (Fsp3) is 0.607. The molecule has 64 heavy (non-hydrogen) atoms. The van der Waals surface area contributed by atoms with E-state index in [1.54, 1.807) is 45.3 Å². The number of thiophene rings is 4. The highest BCUT2D eigenvalue weighted by Crippen LogP contribution is 2.51. The number of nitrogens with zero attached hydrogens (tertiary/aromatic N) is 2. The molecule has 4 aromatic rings. The number of hydrogen-bond donors (Lipinski definition) is 0. The maximum absolute atomic E-state index is 15.7. The van der Waals surface area contributed by atoms with Gasteiger partial charge < -0.3 is 9.80 Å². The summed E-state index contributed by atoms with van der Waals surface area (Å²) in [7, 11) is 0. The van der Waals surface area contributed by atoms with Gasteiger partial charge in [-0.1, -0.05) is 156 Å². The zero-order valence-electron chi connectivity index (χ0n) is 40.5. The normalized spacial score (nSPS) is 15.2. The van der Waals surface area contributed by atoms with Crippen LogP contribution in [0.15, 0.2) is 58.3 Å². The largest absolute Gasteiger partial charge is 0.306 e. The van der Waals surface area contributed by atoms with Crippen molar-refractivity contribution in [3.05, 3.63) is 79.2 Å². The average Bonchev–Trinajstić information content (AvgIpc) is 4.17. The van der Waals surface area contributed by atoms with E-state index in [9.17, 15) is 0 Å². The molecule has 2 unspecified atom stereocenters. The maximum Gasteiger partial charge on any atom is 0.261 e. The highest BCUT2D eigenvalue weighted by atomic mass is 32.1. The van der Waals surface area contributed by atoms with Crippen LogP contribution in [-0.4, -0.2) is 34.7 Å². The van der Waals surface area contributed by atoms with Crippen molar-refractivity contribution in [2.75, 3.05) is 13.1 Å². The number of unbranched alkanes of at least 4 members (excludes halogenated alkanes) is 16. The van der Waals surface area contributed by atoms with Crippen molar-refractivity contribution in [1.29, 1.82) is 0 Å². The second-order valence-electron chi connectivity index (χ2n) is 19.1. The molecule has 2 amide bonds. The van der Waals surface area contributed by atoms with Gasteiger partial charge in [0, 0.05) is 32.6 Å². The Kier molecular flexibility index (Phi) is 21.0. The maximum atomic E-state index is 15.7. The zero-order valence-corrected chi connectivity index (χ0v) is 43.8. The SMILES string of the molecule is CCCCCCCCC(CCCCCC)CN1C(=O)C2=C(c3ccc(-c4cc(C)cs4)s3)N(CC(CCCCCC)CCCCCCCC)C(=O)C2=C1c1ccc(-c2cc(C)cs2)s1. The van der Waals surface area contributed by atoms with Crippen LogP contribution in [0.1, 0.15) is 203 Å². The smallest absolute Gasteiger partial charge is 0.261 e. The van der Waals surface area contributed by atoms with Crippen molar-refractivity contribution in [1.82, 2.24) is 9.80 Å². The summed E-state index contributed by atoms with van der Waals surface area (Å²) in [5.74, 6) is 0.876. The van der Waals surface area contributed by atoms with Gasteiger partial charge >= 0.3 is 0 Å². The molecule has 0 spiro atoms. The third-order valence-corrected chi connectivity index (χ3v) is 18.2. The Bertz CT molecular complexity index is 1960. The van der Waals surface area contributed by atoms with E-state index in [0.717, 1.165) is 46.8 Å².